The number of benzene rings is 2. The van der Waals surface area contributed by atoms with Crippen molar-refractivity contribution in [2.24, 2.45) is 0 Å². The summed E-state index contributed by atoms with van der Waals surface area (Å²) in [4.78, 5) is 34.2. The Morgan fingerprint density at radius 3 is 2.41 bits per heavy atom. The molecule has 1 N–H and O–H groups in total. The summed E-state index contributed by atoms with van der Waals surface area (Å²) < 4.78 is 15.0. The van der Waals surface area contributed by atoms with Crippen LogP contribution in [0.2, 0.25) is 0 Å². The van der Waals surface area contributed by atoms with Crippen LogP contribution in [0.1, 0.15) is 15.9 Å². The number of nitro groups is 1. The quantitative estimate of drug-likeness (QED) is 0.429. The molecular formula is C18H18N2O7. The highest BCUT2D eigenvalue weighted by Gasteiger charge is 2.15. The van der Waals surface area contributed by atoms with Crippen molar-refractivity contribution in [3.63, 3.8) is 0 Å². The van der Waals surface area contributed by atoms with Crippen molar-refractivity contribution in [1.82, 2.24) is 0 Å². The van der Waals surface area contributed by atoms with E-state index in [0.717, 1.165) is 5.56 Å². The van der Waals surface area contributed by atoms with Crippen LogP contribution in [0.5, 0.6) is 5.75 Å². The largest absolute Gasteiger partial charge is 0.494 e. The summed E-state index contributed by atoms with van der Waals surface area (Å²) in [7, 11) is 2.89. The highest BCUT2D eigenvalue weighted by Crippen LogP contribution is 2.28. The molecule has 0 bridgehead atoms. The summed E-state index contributed by atoms with van der Waals surface area (Å²) in [5, 5.41) is 13.3. The van der Waals surface area contributed by atoms with Crippen LogP contribution in [0.25, 0.3) is 0 Å². The van der Waals surface area contributed by atoms with Gasteiger partial charge < -0.3 is 19.5 Å². The van der Waals surface area contributed by atoms with E-state index in [1.54, 1.807) is 31.4 Å². The SMILES string of the molecule is COCc1ccc(C(=O)OCC(=O)Nc2ccc([N+](=O)[O-])cc2OC)cc1. The standard InChI is InChI=1S/C18H18N2O7/c1-25-10-12-3-5-13(6-4-12)18(22)27-11-17(21)19-15-8-7-14(20(23)24)9-16(15)26-2/h3-9H,10-11H2,1-2H3,(H,19,21). The maximum Gasteiger partial charge on any atom is 0.338 e. The third-order valence-electron chi connectivity index (χ3n) is 3.51. The number of non-ortho nitro benzene ring substituents is 1. The van der Waals surface area contributed by atoms with Gasteiger partial charge >= 0.3 is 5.97 Å². The first kappa shape index (κ1) is 19.9. The third kappa shape index (κ3) is 5.51. The molecule has 0 atom stereocenters. The third-order valence-corrected chi connectivity index (χ3v) is 3.51. The summed E-state index contributed by atoms with van der Waals surface area (Å²) >= 11 is 0. The van der Waals surface area contributed by atoms with Crippen LogP contribution in [-0.4, -0.2) is 37.6 Å². The minimum atomic E-state index is -0.648. The molecule has 0 fully saturated rings. The summed E-state index contributed by atoms with van der Waals surface area (Å²) in [6.07, 6.45) is 0. The van der Waals surface area contributed by atoms with Gasteiger partial charge in [0.1, 0.15) is 5.75 Å². The molecule has 142 valence electrons. The number of carbonyl (C=O) groups is 2. The monoisotopic (exact) mass is 374 g/mol. The smallest absolute Gasteiger partial charge is 0.338 e. The Labute approximate surface area is 155 Å². The van der Waals surface area contributed by atoms with E-state index < -0.39 is 23.4 Å². The van der Waals surface area contributed by atoms with Crippen molar-refractivity contribution in [3.05, 3.63) is 63.7 Å². The van der Waals surface area contributed by atoms with E-state index in [-0.39, 0.29) is 17.1 Å². The van der Waals surface area contributed by atoms with Crippen LogP contribution in [-0.2, 0) is 20.9 Å². The maximum atomic E-state index is 12.0. The van der Waals surface area contributed by atoms with Gasteiger partial charge in [0.25, 0.3) is 11.6 Å². The van der Waals surface area contributed by atoms with E-state index in [1.165, 1.54) is 25.3 Å². The lowest BCUT2D eigenvalue weighted by molar-refractivity contribution is -0.384. The molecule has 9 nitrogen and oxygen atoms in total. The Morgan fingerprint density at radius 1 is 1.11 bits per heavy atom. The second-order valence-electron chi connectivity index (χ2n) is 5.40. The van der Waals surface area contributed by atoms with Gasteiger partial charge in [0.2, 0.25) is 0 Å². The average molecular weight is 374 g/mol. The molecule has 0 saturated carbocycles. The van der Waals surface area contributed by atoms with E-state index in [9.17, 15) is 19.7 Å². The lowest BCUT2D eigenvalue weighted by Crippen LogP contribution is -2.21. The van der Waals surface area contributed by atoms with Crippen molar-refractivity contribution in [3.8, 4) is 5.75 Å². The van der Waals surface area contributed by atoms with Gasteiger partial charge in [0, 0.05) is 13.2 Å². The molecule has 2 aromatic rings. The molecule has 0 aromatic heterocycles. The first-order chi connectivity index (χ1) is 12.9. The second kappa shape index (κ2) is 9.30. The Kier molecular flexibility index (Phi) is 6.84. The lowest BCUT2D eigenvalue weighted by atomic mass is 10.1. The number of anilines is 1. The van der Waals surface area contributed by atoms with Crippen molar-refractivity contribution in [2.75, 3.05) is 26.1 Å². The van der Waals surface area contributed by atoms with Gasteiger partial charge in [0.15, 0.2) is 6.61 Å². The van der Waals surface area contributed by atoms with Crippen molar-refractivity contribution >= 4 is 23.3 Å². The zero-order valence-electron chi connectivity index (χ0n) is 14.8. The number of hydrogen-bond acceptors (Lipinski definition) is 7. The number of nitrogens with one attached hydrogen (secondary N) is 1. The maximum absolute atomic E-state index is 12.0. The number of ether oxygens (including phenoxy) is 3. The molecule has 27 heavy (non-hydrogen) atoms. The number of rotatable bonds is 8. The van der Waals surface area contributed by atoms with Crippen LogP contribution in [0.4, 0.5) is 11.4 Å². The molecule has 1 amide bonds. The topological polar surface area (TPSA) is 117 Å². The predicted molar refractivity (Wildman–Crippen MR) is 95.7 cm³/mol. The molecule has 0 saturated heterocycles. The summed E-state index contributed by atoms with van der Waals surface area (Å²) in [6, 6.07) is 10.4. The molecule has 0 heterocycles. The molecule has 2 rings (SSSR count). The zero-order valence-corrected chi connectivity index (χ0v) is 14.8. The van der Waals surface area contributed by atoms with Crippen LogP contribution in [0, 0.1) is 10.1 Å². The van der Waals surface area contributed by atoms with Gasteiger partial charge in [-0.25, -0.2) is 4.79 Å². The highest BCUT2D eigenvalue weighted by atomic mass is 16.6. The van der Waals surface area contributed by atoms with Gasteiger partial charge in [0.05, 0.1) is 36.0 Å². The second-order valence-corrected chi connectivity index (χ2v) is 5.40. The number of nitro benzene ring substituents is 1. The van der Waals surface area contributed by atoms with Crippen molar-refractivity contribution in [2.45, 2.75) is 6.61 Å². The highest BCUT2D eigenvalue weighted by molar-refractivity contribution is 5.96. The van der Waals surface area contributed by atoms with E-state index in [0.29, 0.717) is 12.2 Å². The fourth-order valence-electron chi connectivity index (χ4n) is 2.20. The number of amides is 1. The van der Waals surface area contributed by atoms with Crippen LogP contribution >= 0.6 is 0 Å². The molecule has 0 aliphatic carbocycles. The normalized spacial score (nSPS) is 10.1. The summed E-state index contributed by atoms with van der Waals surface area (Å²) in [5.74, 6) is -1.13. The van der Waals surface area contributed by atoms with E-state index in [2.05, 4.69) is 5.32 Å². The van der Waals surface area contributed by atoms with Crippen LogP contribution in [0.3, 0.4) is 0 Å². The first-order valence-corrected chi connectivity index (χ1v) is 7.82. The molecule has 2 aromatic carbocycles. The van der Waals surface area contributed by atoms with Crippen molar-refractivity contribution < 1.29 is 28.7 Å². The van der Waals surface area contributed by atoms with E-state index >= 15 is 0 Å². The minimum absolute atomic E-state index is 0.123. The fourth-order valence-corrected chi connectivity index (χ4v) is 2.20. The number of nitrogens with zero attached hydrogens (tertiary/aromatic N) is 1. The molecule has 0 aliphatic rings. The number of methoxy groups -OCH3 is 2. The summed E-state index contributed by atoms with van der Waals surface area (Å²) in [6.45, 7) is -0.0897. The molecule has 9 heteroatoms. The zero-order chi connectivity index (χ0) is 19.8. The molecule has 0 radical (unpaired) electrons. The number of carbonyl (C=O) groups excluding carboxylic acids is 2. The molecule has 0 aliphatic heterocycles. The Balaban J connectivity index is 1.94. The first-order valence-electron chi connectivity index (χ1n) is 7.82. The Morgan fingerprint density at radius 2 is 1.81 bits per heavy atom. The van der Waals surface area contributed by atoms with Crippen molar-refractivity contribution in [1.29, 1.82) is 0 Å². The number of hydrogen-bond donors (Lipinski definition) is 1. The Hall–Kier alpha value is -3.46. The fraction of sp³-hybridized carbons (Fsp3) is 0.222. The van der Waals surface area contributed by atoms with E-state index in [4.69, 9.17) is 14.2 Å². The number of esters is 1. The van der Waals surface area contributed by atoms with Crippen LogP contribution in [0.15, 0.2) is 42.5 Å². The van der Waals surface area contributed by atoms with Gasteiger partial charge in [-0.05, 0) is 23.8 Å². The Bertz CT molecular complexity index is 834. The molecular weight excluding hydrogens is 356 g/mol. The molecule has 0 spiro atoms. The van der Waals surface area contributed by atoms with Gasteiger partial charge in [-0.3, -0.25) is 14.9 Å². The van der Waals surface area contributed by atoms with Gasteiger partial charge in [-0.15, -0.1) is 0 Å². The molecule has 0 unspecified atom stereocenters. The summed E-state index contributed by atoms with van der Waals surface area (Å²) in [5.41, 5.74) is 1.26. The predicted octanol–water partition coefficient (Wildman–Crippen LogP) is 2.55. The van der Waals surface area contributed by atoms with Gasteiger partial charge in [-0.2, -0.15) is 0 Å². The van der Waals surface area contributed by atoms with Gasteiger partial charge in [-0.1, -0.05) is 12.1 Å². The lowest BCUT2D eigenvalue weighted by Gasteiger charge is -2.10. The van der Waals surface area contributed by atoms with E-state index in [1.807, 2.05) is 0 Å². The average Bonchev–Trinajstić information content (AvgIpc) is 2.67. The minimum Gasteiger partial charge on any atom is -0.494 e. The van der Waals surface area contributed by atoms with Crippen LogP contribution < -0.4 is 10.1 Å².